The molecule has 2 aromatic carbocycles. The van der Waals surface area contributed by atoms with Gasteiger partial charge in [0, 0.05) is 5.39 Å². The normalized spacial score (nSPS) is 10.9. The van der Waals surface area contributed by atoms with Gasteiger partial charge < -0.3 is 5.11 Å². The van der Waals surface area contributed by atoms with E-state index >= 15 is 0 Å². The number of rotatable bonds is 2. The van der Waals surface area contributed by atoms with Crippen LogP contribution in [0, 0.1) is 4.91 Å². The topological polar surface area (TPSA) is 107 Å². The Morgan fingerprint density at radius 2 is 1.72 bits per heavy atom. The molecule has 0 atom stereocenters. The van der Waals surface area contributed by atoms with Gasteiger partial charge in [0.25, 0.3) is 10.1 Å². The first kappa shape index (κ1) is 15.1. The van der Waals surface area contributed by atoms with E-state index in [0.717, 1.165) is 6.07 Å². The second-order valence-electron chi connectivity index (χ2n) is 3.33. The number of nitroso groups, excluding NO2 is 1. The zero-order valence-electron chi connectivity index (χ0n) is 9.32. The molecule has 88 valence electrons. The third-order valence-electron chi connectivity index (χ3n) is 2.31. The summed E-state index contributed by atoms with van der Waals surface area (Å²) in [7, 11) is -4.52. The largest absolute Gasteiger partial charge is 1.00 e. The smallest absolute Gasteiger partial charge is 0.871 e. The van der Waals surface area contributed by atoms with Gasteiger partial charge >= 0.3 is 29.6 Å². The Morgan fingerprint density at radius 3 is 2.22 bits per heavy atom. The summed E-state index contributed by atoms with van der Waals surface area (Å²) in [4.78, 5) is 9.93. The third-order valence-corrected chi connectivity index (χ3v) is 3.21. The Bertz CT molecular complexity index is 714. The van der Waals surface area contributed by atoms with Crippen molar-refractivity contribution in [2.75, 3.05) is 0 Å². The summed E-state index contributed by atoms with van der Waals surface area (Å²) in [6, 6.07) is 6.54. The zero-order chi connectivity index (χ0) is 12.6. The Hall–Kier alpha value is -0.990. The first-order valence-electron chi connectivity index (χ1n) is 4.49. The van der Waals surface area contributed by atoms with Gasteiger partial charge in [-0.1, -0.05) is 30.0 Å². The Morgan fingerprint density at radius 1 is 1.17 bits per heavy atom. The maximum Gasteiger partial charge on any atom is 1.00 e. The molecule has 0 aliphatic heterocycles. The minimum atomic E-state index is -4.52. The molecule has 0 aliphatic carbocycles. The maximum absolute atomic E-state index is 11.7. The molecule has 0 bridgehead atoms. The van der Waals surface area contributed by atoms with Gasteiger partial charge in [-0.15, -0.1) is 4.91 Å². The van der Waals surface area contributed by atoms with Crippen LogP contribution in [0.3, 0.4) is 0 Å². The van der Waals surface area contributed by atoms with Gasteiger partial charge in [-0.25, -0.2) is 0 Å². The Kier molecular flexibility index (Phi) is 4.46. The minimum absolute atomic E-state index is 0. The van der Waals surface area contributed by atoms with Crippen molar-refractivity contribution in [2.24, 2.45) is 5.18 Å². The van der Waals surface area contributed by atoms with Crippen molar-refractivity contribution in [2.45, 2.75) is 4.90 Å². The molecule has 0 fully saturated rings. The van der Waals surface area contributed by atoms with E-state index in [-0.39, 0.29) is 40.3 Å². The van der Waals surface area contributed by atoms with Crippen LogP contribution in [0.2, 0.25) is 0 Å². The molecule has 0 saturated carbocycles. The number of nitrogens with zero attached hydrogens (tertiary/aromatic N) is 1. The minimum Gasteiger partial charge on any atom is -0.871 e. The van der Waals surface area contributed by atoms with Gasteiger partial charge in [0.05, 0.1) is 0 Å². The predicted molar refractivity (Wildman–Crippen MR) is 58.7 cm³/mol. The fourth-order valence-corrected chi connectivity index (χ4v) is 2.30. The van der Waals surface area contributed by atoms with Gasteiger partial charge in [0.1, 0.15) is 10.6 Å². The van der Waals surface area contributed by atoms with Crippen LogP contribution in [0.15, 0.2) is 40.4 Å². The van der Waals surface area contributed by atoms with E-state index in [0.29, 0.717) is 0 Å². The van der Waals surface area contributed by atoms with E-state index in [1.165, 1.54) is 24.3 Å². The van der Waals surface area contributed by atoms with Gasteiger partial charge in [-0.05, 0) is 16.6 Å². The van der Waals surface area contributed by atoms with Crippen LogP contribution in [0.4, 0.5) is 5.69 Å². The maximum atomic E-state index is 11.7. The number of benzene rings is 2. The van der Waals surface area contributed by atoms with Gasteiger partial charge in [-0.3, -0.25) is 4.55 Å². The molecule has 0 heterocycles. The van der Waals surface area contributed by atoms with Crippen molar-refractivity contribution in [1.82, 2.24) is 0 Å². The van der Waals surface area contributed by atoms with Crippen molar-refractivity contribution in [3.05, 3.63) is 35.2 Å². The van der Waals surface area contributed by atoms with Gasteiger partial charge in [0.2, 0.25) is 0 Å². The van der Waals surface area contributed by atoms with Gasteiger partial charge in [0.15, 0.2) is 0 Å². The van der Waals surface area contributed by atoms with E-state index < -0.39 is 26.5 Å². The summed E-state index contributed by atoms with van der Waals surface area (Å²) in [6.45, 7) is 0. The summed E-state index contributed by atoms with van der Waals surface area (Å²) in [5.74, 6) is -0.664. The predicted octanol–water partition coefficient (Wildman–Crippen LogP) is -1.44. The molecule has 2 aromatic rings. The second kappa shape index (κ2) is 5.33. The molecule has 18 heavy (non-hydrogen) atoms. The van der Waals surface area contributed by atoms with E-state index in [9.17, 15) is 18.4 Å². The van der Waals surface area contributed by atoms with Gasteiger partial charge in [-0.2, -0.15) is 8.42 Å². The molecule has 8 heteroatoms. The van der Waals surface area contributed by atoms with Crippen molar-refractivity contribution in [1.29, 1.82) is 0 Å². The molecule has 0 saturated heterocycles. The monoisotopic (exact) mass is 275 g/mol. The molecule has 0 aliphatic rings. The average molecular weight is 275 g/mol. The molecule has 0 radical (unpaired) electrons. The standard InChI is InChI=1S/C10H7NO5S.Na/c12-10-7-4-2-1-3-6(7)9(17(14,15)16)5-8(10)11-13;/h1-5,12H,(H,14,15,16);/q;+1/p-1. The summed E-state index contributed by atoms with van der Waals surface area (Å²) in [5, 5.41) is 14.2. The fraction of sp³-hybridized carbons (Fsp3) is 0. The molecular formula is C10H6NNaO5S. The van der Waals surface area contributed by atoms with Crippen LogP contribution in [-0.2, 0) is 10.1 Å². The first-order valence-corrected chi connectivity index (χ1v) is 5.93. The molecule has 2 rings (SSSR count). The van der Waals surface area contributed by atoms with Crippen LogP contribution in [0.25, 0.3) is 10.8 Å². The van der Waals surface area contributed by atoms with Crippen LogP contribution in [0.5, 0.6) is 5.75 Å². The quantitative estimate of drug-likeness (QED) is 0.410. The second-order valence-corrected chi connectivity index (χ2v) is 4.72. The summed E-state index contributed by atoms with van der Waals surface area (Å²) in [5.41, 5.74) is -0.545. The van der Waals surface area contributed by atoms with Crippen LogP contribution >= 0.6 is 0 Å². The molecule has 1 N–H and O–H groups in total. The SMILES string of the molecule is O=Nc1cc(S(=O)(=O)O)c2ccccc2c1[O-].[Na+]. The van der Waals surface area contributed by atoms with E-state index in [2.05, 4.69) is 5.18 Å². The Balaban J connectivity index is 0.00000162. The first-order chi connectivity index (χ1) is 7.95. The van der Waals surface area contributed by atoms with Crippen LogP contribution < -0.4 is 34.7 Å². The molecule has 6 nitrogen and oxygen atoms in total. The summed E-state index contributed by atoms with van der Waals surface area (Å²) < 4.78 is 31.3. The van der Waals surface area contributed by atoms with E-state index in [1.807, 2.05) is 0 Å². The van der Waals surface area contributed by atoms with Crippen molar-refractivity contribution >= 4 is 26.6 Å². The molecule has 0 amide bonds. The molecule has 0 aromatic heterocycles. The van der Waals surface area contributed by atoms with Crippen molar-refractivity contribution in [3.8, 4) is 5.75 Å². The molecule has 0 spiro atoms. The average Bonchev–Trinajstić information content (AvgIpc) is 2.28. The van der Waals surface area contributed by atoms with E-state index in [1.54, 1.807) is 0 Å². The van der Waals surface area contributed by atoms with Crippen LogP contribution in [-0.4, -0.2) is 13.0 Å². The van der Waals surface area contributed by atoms with Crippen LogP contribution in [0.1, 0.15) is 0 Å². The Labute approximate surface area is 125 Å². The molecule has 0 unspecified atom stereocenters. The zero-order valence-corrected chi connectivity index (χ0v) is 12.1. The van der Waals surface area contributed by atoms with E-state index in [4.69, 9.17) is 4.55 Å². The number of hydrogen-bond acceptors (Lipinski definition) is 5. The summed E-state index contributed by atoms with van der Waals surface area (Å²) in [6.07, 6.45) is 0. The number of fused-ring (bicyclic) bond motifs is 1. The summed E-state index contributed by atoms with van der Waals surface area (Å²) >= 11 is 0. The molecular weight excluding hydrogens is 269 g/mol. The fourth-order valence-electron chi connectivity index (χ4n) is 1.58. The number of hydrogen-bond donors (Lipinski definition) is 1. The third kappa shape index (κ3) is 2.55. The van der Waals surface area contributed by atoms with Crippen molar-refractivity contribution in [3.63, 3.8) is 0 Å². The van der Waals surface area contributed by atoms with Crippen molar-refractivity contribution < 1.29 is 47.6 Å².